The fourth-order valence-electron chi connectivity index (χ4n) is 2.89. The zero-order valence-corrected chi connectivity index (χ0v) is 13.3. The molecule has 0 radical (unpaired) electrons. The summed E-state index contributed by atoms with van der Waals surface area (Å²) in [5.41, 5.74) is 1.64. The largest absolute Gasteiger partial charge is 0.371 e. The van der Waals surface area contributed by atoms with E-state index in [1.807, 2.05) is 12.1 Å². The molecule has 1 fully saturated rings. The SMILES string of the molecule is CCCn1cc(C(=O)N[C@H]2CCCO[C@@H]2c2ccncc2)cn1. The molecule has 0 aromatic carbocycles. The first-order chi connectivity index (χ1) is 11.3. The summed E-state index contributed by atoms with van der Waals surface area (Å²) in [6.45, 7) is 3.62. The van der Waals surface area contributed by atoms with Gasteiger partial charge in [0.2, 0.25) is 0 Å². The molecule has 3 rings (SSSR count). The van der Waals surface area contributed by atoms with Crippen molar-refractivity contribution >= 4 is 5.91 Å². The second-order valence-corrected chi connectivity index (χ2v) is 5.79. The molecular weight excluding hydrogens is 292 g/mol. The van der Waals surface area contributed by atoms with Gasteiger partial charge in [0, 0.05) is 31.7 Å². The lowest BCUT2D eigenvalue weighted by molar-refractivity contribution is -0.00950. The highest BCUT2D eigenvalue weighted by molar-refractivity contribution is 5.93. The quantitative estimate of drug-likeness (QED) is 0.919. The van der Waals surface area contributed by atoms with Gasteiger partial charge in [-0.3, -0.25) is 14.5 Å². The number of carbonyl (C=O) groups is 1. The van der Waals surface area contributed by atoms with Crippen LogP contribution in [0.4, 0.5) is 0 Å². The number of hydrogen-bond acceptors (Lipinski definition) is 4. The molecule has 2 atom stereocenters. The molecule has 6 nitrogen and oxygen atoms in total. The van der Waals surface area contributed by atoms with Crippen LogP contribution in [0.3, 0.4) is 0 Å². The van der Waals surface area contributed by atoms with Crippen LogP contribution in [0.25, 0.3) is 0 Å². The molecule has 1 saturated heterocycles. The monoisotopic (exact) mass is 314 g/mol. The Morgan fingerprint density at radius 1 is 1.43 bits per heavy atom. The van der Waals surface area contributed by atoms with Crippen molar-refractivity contribution < 1.29 is 9.53 Å². The number of amides is 1. The van der Waals surface area contributed by atoms with Gasteiger partial charge in [0.05, 0.1) is 17.8 Å². The maximum absolute atomic E-state index is 12.5. The van der Waals surface area contributed by atoms with Crippen molar-refractivity contribution in [3.8, 4) is 0 Å². The van der Waals surface area contributed by atoms with Crippen LogP contribution in [0.15, 0.2) is 36.9 Å². The van der Waals surface area contributed by atoms with E-state index in [1.54, 1.807) is 29.5 Å². The standard InChI is InChI=1S/C17H22N4O2/c1-2-9-21-12-14(11-19-21)17(22)20-15-4-3-10-23-16(15)13-5-7-18-8-6-13/h5-8,11-12,15-16H,2-4,9-10H2,1H3,(H,20,22)/t15-,16+/m0/s1. The second-order valence-electron chi connectivity index (χ2n) is 5.79. The number of nitrogens with one attached hydrogen (secondary N) is 1. The molecule has 1 N–H and O–H groups in total. The van der Waals surface area contributed by atoms with Gasteiger partial charge in [-0.25, -0.2) is 0 Å². The Kier molecular flexibility index (Phi) is 5.02. The van der Waals surface area contributed by atoms with Gasteiger partial charge in [-0.15, -0.1) is 0 Å². The minimum atomic E-state index is -0.124. The van der Waals surface area contributed by atoms with Crippen LogP contribution in [-0.4, -0.2) is 33.3 Å². The third-order valence-electron chi connectivity index (χ3n) is 4.02. The Bertz CT molecular complexity index is 641. The third kappa shape index (κ3) is 3.76. The van der Waals surface area contributed by atoms with Gasteiger partial charge in [-0.05, 0) is 37.0 Å². The number of aromatic nitrogens is 3. The minimum absolute atomic E-state index is 0.0341. The first-order valence-electron chi connectivity index (χ1n) is 8.12. The predicted molar refractivity (Wildman–Crippen MR) is 85.9 cm³/mol. The van der Waals surface area contributed by atoms with Gasteiger partial charge in [-0.1, -0.05) is 6.92 Å². The normalized spacial score (nSPS) is 21.1. The molecule has 1 amide bonds. The van der Waals surface area contributed by atoms with Gasteiger partial charge in [0.25, 0.3) is 5.91 Å². The van der Waals surface area contributed by atoms with E-state index in [4.69, 9.17) is 4.74 Å². The number of ether oxygens (including phenoxy) is 1. The van der Waals surface area contributed by atoms with E-state index in [-0.39, 0.29) is 18.1 Å². The maximum atomic E-state index is 12.5. The number of aryl methyl sites for hydroxylation is 1. The van der Waals surface area contributed by atoms with E-state index in [2.05, 4.69) is 22.3 Å². The highest BCUT2D eigenvalue weighted by Gasteiger charge is 2.29. The molecule has 0 bridgehead atoms. The number of carbonyl (C=O) groups excluding carboxylic acids is 1. The molecule has 23 heavy (non-hydrogen) atoms. The molecule has 122 valence electrons. The van der Waals surface area contributed by atoms with Crippen LogP contribution in [-0.2, 0) is 11.3 Å². The summed E-state index contributed by atoms with van der Waals surface area (Å²) in [6, 6.07) is 3.84. The van der Waals surface area contributed by atoms with Gasteiger partial charge in [0.1, 0.15) is 6.10 Å². The summed E-state index contributed by atoms with van der Waals surface area (Å²) in [6.07, 6.45) is 9.63. The van der Waals surface area contributed by atoms with Crippen LogP contribution in [0.2, 0.25) is 0 Å². The van der Waals surface area contributed by atoms with Crippen molar-refractivity contribution in [1.29, 1.82) is 0 Å². The fraction of sp³-hybridized carbons (Fsp3) is 0.471. The molecule has 0 unspecified atom stereocenters. The molecule has 3 heterocycles. The molecule has 1 aliphatic rings. The number of nitrogens with zero attached hydrogens (tertiary/aromatic N) is 3. The first-order valence-corrected chi connectivity index (χ1v) is 8.12. The second kappa shape index (κ2) is 7.37. The highest BCUT2D eigenvalue weighted by Crippen LogP contribution is 2.28. The highest BCUT2D eigenvalue weighted by atomic mass is 16.5. The Morgan fingerprint density at radius 3 is 3.04 bits per heavy atom. The van der Waals surface area contributed by atoms with Crippen molar-refractivity contribution in [2.75, 3.05) is 6.61 Å². The van der Waals surface area contributed by atoms with Crippen molar-refractivity contribution in [3.63, 3.8) is 0 Å². The van der Waals surface area contributed by atoms with Crippen LogP contribution < -0.4 is 5.32 Å². The van der Waals surface area contributed by atoms with Crippen molar-refractivity contribution in [2.45, 2.75) is 44.9 Å². The molecule has 1 aliphatic heterocycles. The summed E-state index contributed by atoms with van der Waals surface area (Å²) < 4.78 is 7.69. The smallest absolute Gasteiger partial charge is 0.254 e. The number of pyridine rings is 1. The molecule has 6 heteroatoms. The first kappa shape index (κ1) is 15.7. The molecule has 0 aliphatic carbocycles. The van der Waals surface area contributed by atoms with E-state index in [0.29, 0.717) is 12.2 Å². The predicted octanol–water partition coefficient (Wildman–Crippen LogP) is 2.34. The average molecular weight is 314 g/mol. The summed E-state index contributed by atoms with van der Waals surface area (Å²) in [7, 11) is 0. The third-order valence-corrected chi connectivity index (χ3v) is 4.02. The van der Waals surface area contributed by atoms with E-state index >= 15 is 0 Å². The Balaban J connectivity index is 1.70. The summed E-state index contributed by atoms with van der Waals surface area (Å²) in [5.74, 6) is -0.0955. The molecular formula is C17H22N4O2. The number of rotatable bonds is 5. The topological polar surface area (TPSA) is 69.0 Å². The summed E-state index contributed by atoms with van der Waals surface area (Å²) >= 11 is 0. The molecule has 0 spiro atoms. The minimum Gasteiger partial charge on any atom is -0.371 e. The van der Waals surface area contributed by atoms with Gasteiger partial charge >= 0.3 is 0 Å². The van der Waals surface area contributed by atoms with Crippen LogP contribution >= 0.6 is 0 Å². The molecule has 2 aromatic rings. The van der Waals surface area contributed by atoms with Crippen LogP contribution in [0, 0.1) is 0 Å². The molecule has 0 saturated carbocycles. The maximum Gasteiger partial charge on any atom is 0.254 e. The lowest BCUT2D eigenvalue weighted by Crippen LogP contribution is -2.42. The lowest BCUT2D eigenvalue weighted by Gasteiger charge is -2.32. The van der Waals surface area contributed by atoms with Crippen molar-refractivity contribution in [1.82, 2.24) is 20.1 Å². The molecule has 2 aromatic heterocycles. The fourth-order valence-corrected chi connectivity index (χ4v) is 2.89. The number of hydrogen-bond donors (Lipinski definition) is 1. The van der Waals surface area contributed by atoms with E-state index in [1.165, 1.54) is 0 Å². The summed E-state index contributed by atoms with van der Waals surface area (Å²) in [5, 5.41) is 7.32. The van der Waals surface area contributed by atoms with E-state index < -0.39 is 0 Å². The zero-order valence-electron chi connectivity index (χ0n) is 13.3. The Morgan fingerprint density at radius 2 is 2.26 bits per heavy atom. The summed E-state index contributed by atoms with van der Waals surface area (Å²) in [4.78, 5) is 16.5. The van der Waals surface area contributed by atoms with Gasteiger partial charge in [0.15, 0.2) is 0 Å². The average Bonchev–Trinajstić information content (AvgIpc) is 3.05. The van der Waals surface area contributed by atoms with E-state index in [9.17, 15) is 4.79 Å². The van der Waals surface area contributed by atoms with Crippen LogP contribution in [0.5, 0.6) is 0 Å². The van der Waals surface area contributed by atoms with Crippen molar-refractivity contribution in [3.05, 3.63) is 48.0 Å². The van der Waals surface area contributed by atoms with Gasteiger partial charge in [-0.2, -0.15) is 5.10 Å². The van der Waals surface area contributed by atoms with Crippen molar-refractivity contribution in [2.24, 2.45) is 0 Å². The Labute approximate surface area is 135 Å². The van der Waals surface area contributed by atoms with E-state index in [0.717, 1.165) is 31.4 Å². The zero-order chi connectivity index (χ0) is 16.1. The lowest BCUT2D eigenvalue weighted by atomic mass is 9.96. The Hall–Kier alpha value is -2.21. The van der Waals surface area contributed by atoms with Crippen LogP contribution in [0.1, 0.15) is 48.2 Å². The van der Waals surface area contributed by atoms with Gasteiger partial charge < -0.3 is 10.1 Å².